The van der Waals surface area contributed by atoms with Gasteiger partial charge in [-0.3, -0.25) is 14.9 Å². The molecule has 244 valence electrons. The Hall–Kier alpha value is -5.13. The number of aliphatic imine (C=N–C) groups is 1. The van der Waals surface area contributed by atoms with Gasteiger partial charge in [-0.2, -0.15) is 0 Å². The number of fused-ring (bicyclic) bond motifs is 7. The van der Waals surface area contributed by atoms with E-state index in [0.717, 1.165) is 44.9 Å². The smallest absolute Gasteiger partial charge is 0.310 e. The lowest BCUT2D eigenvalue weighted by Gasteiger charge is -2.28. The fourth-order valence-electron chi connectivity index (χ4n) is 6.30. The second-order valence-electron chi connectivity index (χ2n) is 12.0. The van der Waals surface area contributed by atoms with Gasteiger partial charge in [0.15, 0.2) is 5.72 Å². The predicted octanol–water partition coefficient (Wildman–Crippen LogP) is 2.13. The summed E-state index contributed by atoms with van der Waals surface area (Å²) in [5, 5.41) is 21.2. The van der Waals surface area contributed by atoms with Gasteiger partial charge < -0.3 is 24.5 Å². The number of carbonyl (C=O) groups is 2. The Kier molecular flexibility index (Phi) is 9.15. The van der Waals surface area contributed by atoms with E-state index >= 15 is 0 Å². The zero-order valence-corrected chi connectivity index (χ0v) is 27.4. The van der Waals surface area contributed by atoms with E-state index in [2.05, 4.69) is 27.0 Å². The monoisotopic (exact) mass is 637 g/mol. The van der Waals surface area contributed by atoms with Gasteiger partial charge in [0.2, 0.25) is 0 Å². The number of rotatable bonds is 8. The third-order valence-corrected chi connectivity index (χ3v) is 8.92. The van der Waals surface area contributed by atoms with Crippen molar-refractivity contribution >= 4 is 41.5 Å². The van der Waals surface area contributed by atoms with E-state index in [1.807, 2.05) is 58.1 Å². The molecule has 0 radical (unpaired) electrons. The first-order valence-corrected chi connectivity index (χ1v) is 15.2. The van der Waals surface area contributed by atoms with E-state index in [1.54, 1.807) is 12.2 Å². The second kappa shape index (κ2) is 12.9. The van der Waals surface area contributed by atoms with E-state index in [9.17, 15) is 19.6 Å². The van der Waals surface area contributed by atoms with Gasteiger partial charge in [0.1, 0.15) is 0 Å². The van der Waals surface area contributed by atoms with Crippen LogP contribution in [0.1, 0.15) is 49.9 Å². The first-order valence-electron chi connectivity index (χ1n) is 15.2. The van der Waals surface area contributed by atoms with Crippen molar-refractivity contribution in [2.75, 3.05) is 14.2 Å². The molecule has 0 aliphatic carbocycles. The number of esters is 2. The molecular formula is C36H39N5O6. The molecule has 11 heteroatoms. The summed E-state index contributed by atoms with van der Waals surface area (Å²) in [7, 11) is 2.65. The van der Waals surface area contributed by atoms with Crippen molar-refractivity contribution in [1.29, 1.82) is 0 Å². The molecular weight excluding hydrogens is 598 g/mol. The Balaban J connectivity index is 1.91. The van der Waals surface area contributed by atoms with Crippen LogP contribution < -0.4 is 26.6 Å². The van der Waals surface area contributed by atoms with Crippen molar-refractivity contribution in [3.63, 3.8) is 0 Å². The minimum atomic E-state index is -1.56. The average Bonchev–Trinajstić information content (AvgIpc) is 3.70. The molecule has 0 aromatic carbocycles. The largest absolute Gasteiger partial charge is 0.469 e. The summed E-state index contributed by atoms with van der Waals surface area (Å²) in [6.07, 6.45) is 14.1. The first-order chi connectivity index (χ1) is 22.4. The van der Waals surface area contributed by atoms with Crippen LogP contribution in [-0.2, 0) is 19.1 Å². The van der Waals surface area contributed by atoms with E-state index in [1.165, 1.54) is 20.3 Å². The minimum absolute atomic E-state index is 0.113. The molecule has 2 aromatic heterocycles. The third kappa shape index (κ3) is 6.45. The number of nitrogens with one attached hydrogen (secondary N) is 3. The molecule has 3 aliphatic rings. The van der Waals surface area contributed by atoms with Gasteiger partial charge >= 0.3 is 11.9 Å². The molecule has 0 amide bonds. The third-order valence-electron chi connectivity index (χ3n) is 8.92. The van der Waals surface area contributed by atoms with Crippen LogP contribution in [-0.4, -0.2) is 58.2 Å². The van der Waals surface area contributed by atoms with E-state index in [0.29, 0.717) is 39.5 Å². The van der Waals surface area contributed by atoms with Gasteiger partial charge in [0, 0.05) is 33.4 Å². The molecule has 11 nitrogen and oxygen atoms in total. The number of aryl methyl sites for hydroxylation is 1. The zero-order valence-electron chi connectivity index (χ0n) is 27.4. The van der Waals surface area contributed by atoms with Crippen molar-refractivity contribution < 1.29 is 24.2 Å². The van der Waals surface area contributed by atoms with E-state index in [-0.39, 0.29) is 18.8 Å². The Labute approximate surface area is 271 Å². The number of allylic oxidation sites excluding steroid dienone is 3. The van der Waals surface area contributed by atoms with E-state index in [4.69, 9.17) is 14.5 Å². The molecule has 2 aromatic rings. The summed E-state index contributed by atoms with van der Waals surface area (Å²) >= 11 is 0. The Morgan fingerprint density at radius 2 is 1.79 bits per heavy atom. The number of methoxy groups -OCH3 is 2. The van der Waals surface area contributed by atoms with Crippen molar-refractivity contribution in [1.82, 2.24) is 15.3 Å². The molecule has 0 saturated heterocycles. The maximum Gasteiger partial charge on any atom is 0.310 e. The van der Waals surface area contributed by atoms with Crippen LogP contribution in [0.5, 0.6) is 0 Å². The van der Waals surface area contributed by atoms with Gasteiger partial charge in [0.25, 0.3) is 0 Å². The summed E-state index contributed by atoms with van der Waals surface area (Å²) in [6.45, 7) is 11.7. The standard InChI is InChI=1S/C36H39N5O6/c1-8-35-17-21(3)36(44,41-35)19-31-22(4)26(9-10-32(42)46-6)28(40-31)16-29-34(24(11-12-37-45)14-33(43)47-7)23(5)27(39-29)15-25-13-20(2)30(18-35)38-25/h8,11-13,15-19,38-39,41,44H,1,9-10,14H2,2-7H3. The molecule has 0 spiro atoms. The first kappa shape index (κ1) is 33.2. The topological polar surface area (TPSA) is 158 Å². The average molecular weight is 638 g/mol. The van der Waals surface area contributed by atoms with Crippen LogP contribution in [0, 0.1) is 18.8 Å². The Morgan fingerprint density at radius 3 is 2.47 bits per heavy atom. The second-order valence-corrected chi connectivity index (χ2v) is 12.0. The number of nitroso groups, excluding NO2 is 1. The highest BCUT2D eigenvalue weighted by atomic mass is 16.5. The van der Waals surface area contributed by atoms with Crippen LogP contribution in [0.25, 0.3) is 23.8 Å². The minimum Gasteiger partial charge on any atom is -0.469 e. The number of ether oxygens (including phenoxy) is 2. The van der Waals surface area contributed by atoms with Gasteiger partial charge in [0.05, 0.1) is 43.8 Å². The number of carbonyl (C=O) groups excluding carboxylic acids is 2. The molecule has 5 rings (SSSR count). The number of aliphatic hydroxyl groups is 1. The summed E-state index contributed by atoms with van der Waals surface area (Å²) in [5.74, 6) is -0.852. The van der Waals surface area contributed by atoms with Crippen molar-refractivity contribution in [3.8, 4) is 0 Å². The van der Waals surface area contributed by atoms with E-state index < -0.39 is 17.2 Å². The normalized spacial score (nSPS) is 22.4. The molecule has 0 fully saturated rings. The van der Waals surface area contributed by atoms with Crippen molar-refractivity contribution in [2.24, 2.45) is 10.2 Å². The van der Waals surface area contributed by atoms with Crippen LogP contribution >= 0.6 is 0 Å². The highest BCUT2D eigenvalue weighted by Crippen LogP contribution is 2.36. The number of aromatic nitrogens is 2. The molecule has 2 unspecified atom stereocenters. The SMILES string of the molecule is C=CC12C=C(C)C(O)(C=C3N=C(C=c4[nH]c(c(C)c4=C(C=CN=O)CC(=O)OC)C=c4cc(C)c([nH]4)=C1)C(CCC(=O)OC)=C3C)N2. The van der Waals surface area contributed by atoms with Gasteiger partial charge in [-0.15, -0.1) is 11.5 Å². The number of hydrogen-bond acceptors (Lipinski definition) is 9. The lowest BCUT2D eigenvalue weighted by molar-refractivity contribution is -0.141. The summed E-state index contributed by atoms with van der Waals surface area (Å²) in [4.78, 5) is 47.8. The maximum absolute atomic E-state index is 12.5. The summed E-state index contributed by atoms with van der Waals surface area (Å²) < 4.78 is 9.89. The molecule has 47 heavy (non-hydrogen) atoms. The van der Waals surface area contributed by atoms with Crippen LogP contribution in [0.3, 0.4) is 0 Å². The number of H-pyrrole nitrogens is 2. The molecule has 4 N–H and O–H groups in total. The maximum atomic E-state index is 12.5. The highest BCUT2D eigenvalue weighted by Gasteiger charge is 2.42. The molecule has 8 bridgehead atoms. The van der Waals surface area contributed by atoms with Crippen molar-refractivity contribution in [3.05, 3.63) is 109 Å². The molecule has 3 aliphatic heterocycles. The lowest BCUT2D eigenvalue weighted by Crippen LogP contribution is -2.50. The van der Waals surface area contributed by atoms with Crippen LogP contribution in [0.2, 0.25) is 0 Å². The molecule has 0 saturated carbocycles. The summed E-state index contributed by atoms with van der Waals surface area (Å²) in [5.41, 5.74) is 3.99. The van der Waals surface area contributed by atoms with Gasteiger partial charge in [-0.05, 0) is 109 Å². The Bertz CT molecular complexity index is 2100. The zero-order chi connectivity index (χ0) is 34.1. The van der Waals surface area contributed by atoms with Crippen molar-refractivity contribution in [2.45, 2.75) is 58.2 Å². The van der Waals surface area contributed by atoms with Gasteiger partial charge in [-0.1, -0.05) is 12.2 Å². The van der Waals surface area contributed by atoms with Crippen LogP contribution in [0.15, 0.2) is 75.7 Å². The fourth-order valence-corrected chi connectivity index (χ4v) is 6.30. The lowest BCUT2D eigenvalue weighted by atomic mass is 9.98. The molecule has 5 heterocycles. The number of aromatic amines is 2. The Morgan fingerprint density at radius 1 is 1.04 bits per heavy atom. The highest BCUT2D eigenvalue weighted by molar-refractivity contribution is 6.23. The summed E-state index contributed by atoms with van der Waals surface area (Å²) in [6, 6.07) is 2.02. The number of nitrogens with zero attached hydrogens (tertiary/aromatic N) is 2. The fraction of sp³-hybridized carbons (Fsp3) is 0.306. The predicted molar refractivity (Wildman–Crippen MR) is 181 cm³/mol. The number of hydrogen-bond donors (Lipinski definition) is 4. The van der Waals surface area contributed by atoms with Gasteiger partial charge in [-0.25, -0.2) is 4.99 Å². The molecule has 2 atom stereocenters. The quantitative estimate of drug-likeness (QED) is 0.196. The van der Waals surface area contributed by atoms with Crippen LogP contribution in [0.4, 0.5) is 0 Å².